The molecule has 3 rings (SSSR count). The number of amides is 1. The number of piperidine rings is 1. The number of pyridine rings is 1. The van der Waals surface area contributed by atoms with Gasteiger partial charge in [-0.15, -0.1) is 0 Å². The van der Waals surface area contributed by atoms with Gasteiger partial charge in [-0.2, -0.15) is 0 Å². The maximum Gasteiger partial charge on any atom is 0.227 e. The molecule has 5 nitrogen and oxygen atoms in total. The highest BCUT2D eigenvalue weighted by atomic mass is 16.2. The molecule has 3 heterocycles. The Bertz CT molecular complexity index is 588. The van der Waals surface area contributed by atoms with E-state index < -0.39 is 0 Å². The summed E-state index contributed by atoms with van der Waals surface area (Å²) in [5, 5.41) is 0. The van der Waals surface area contributed by atoms with Gasteiger partial charge >= 0.3 is 0 Å². The first-order valence-corrected chi connectivity index (χ1v) is 7.25. The van der Waals surface area contributed by atoms with Crippen LogP contribution < -0.4 is 0 Å². The van der Waals surface area contributed by atoms with Crippen LogP contribution in [-0.2, 0) is 11.2 Å². The van der Waals surface area contributed by atoms with Crippen molar-refractivity contribution in [1.29, 1.82) is 0 Å². The number of likely N-dealkylation sites (tertiary alicyclic amines) is 1. The van der Waals surface area contributed by atoms with Gasteiger partial charge in [0.25, 0.3) is 0 Å². The molecule has 2 aromatic heterocycles. The molecule has 0 N–H and O–H groups in total. The zero-order chi connectivity index (χ0) is 14.5. The van der Waals surface area contributed by atoms with Gasteiger partial charge in [-0.1, -0.05) is 6.07 Å². The van der Waals surface area contributed by atoms with Crippen molar-refractivity contribution >= 4 is 5.91 Å². The molecule has 21 heavy (non-hydrogen) atoms. The van der Waals surface area contributed by atoms with Crippen molar-refractivity contribution in [2.75, 3.05) is 13.1 Å². The summed E-state index contributed by atoms with van der Waals surface area (Å²) in [5.41, 5.74) is 2.00. The lowest BCUT2D eigenvalue weighted by molar-refractivity contribution is -0.131. The standard InChI is InChI=1S/C16H18N4O/c21-16(9-13-3-1-6-17-10-13)20-8-2-4-14(11-20)15-5-7-18-12-19-15/h1,3,5-7,10,12,14H,2,4,8-9,11H2/t14-/m1/s1. The zero-order valence-corrected chi connectivity index (χ0v) is 11.9. The summed E-state index contributed by atoms with van der Waals surface area (Å²) in [6.45, 7) is 1.58. The van der Waals surface area contributed by atoms with E-state index in [9.17, 15) is 4.79 Å². The molecule has 1 atom stereocenters. The summed E-state index contributed by atoms with van der Waals surface area (Å²) in [4.78, 5) is 26.7. The Balaban J connectivity index is 1.64. The first-order chi connectivity index (χ1) is 10.3. The largest absolute Gasteiger partial charge is 0.342 e. The number of hydrogen-bond acceptors (Lipinski definition) is 4. The number of carbonyl (C=O) groups excluding carboxylic acids is 1. The molecule has 1 saturated heterocycles. The summed E-state index contributed by atoms with van der Waals surface area (Å²) in [7, 11) is 0. The van der Waals surface area contributed by atoms with E-state index in [0.29, 0.717) is 12.3 Å². The van der Waals surface area contributed by atoms with E-state index >= 15 is 0 Å². The lowest BCUT2D eigenvalue weighted by atomic mass is 9.94. The van der Waals surface area contributed by atoms with E-state index in [0.717, 1.165) is 37.2 Å². The molecule has 5 heteroatoms. The van der Waals surface area contributed by atoms with Crippen LogP contribution in [0.1, 0.15) is 30.0 Å². The highest BCUT2D eigenvalue weighted by molar-refractivity contribution is 5.78. The Kier molecular flexibility index (Phi) is 4.19. The third-order valence-electron chi connectivity index (χ3n) is 3.88. The average molecular weight is 282 g/mol. The van der Waals surface area contributed by atoms with Crippen LogP contribution in [0.3, 0.4) is 0 Å². The number of aromatic nitrogens is 3. The minimum atomic E-state index is 0.168. The van der Waals surface area contributed by atoms with Crippen LogP contribution in [0.5, 0.6) is 0 Å². The SMILES string of the molecule is O=C(Cc1cccnc1)N1CCC[C@@H](c2ccncn2)C1. The average Bonchev–Trinajstić information content (AvgIpc) is 2.57. The van der Waals surface area contributed by atoms with Gasteiger partial charge in [-0.25, -0.2) is 9.97 Å². The molecular formula is C16H18N4O. The van der Waals surface area contributed by atoms with E-state index in [1.165, 1.54) is 0 Å². The zero-order valence-electron chi connectivity index (χ0n) is 11.9. The molecule has 0 aliphatic carbocycles. The van der Waals surface area contributed by atoms with Crippen LogP contribution in [-0.4, -0.2) is 38.8 Å². The normalized spacial score (nSPS) is 18.5. The molecule has 108 valence electrons. The maximum absolute atomic E-state index is 12.4. The first kappa shape index (κ1) is 13.7. The Morgan fingerprint density at radius 2 is 2.24 bits per heavy atom. The van der Waals surface area contributed by atoms with Crippen molar-refractivity contribution in [3.8, 4) is 0 Å². The van der Waals surface area contributed by atoms with Crippen LogP contribution in [0.25, 0.3) is 0 Å². The summed E-state index contributed by atoms with van der Waals surface area (Å²) < 4.78 is 0. The Morgan fingerprint density at radius 3 is 3.00 bits per heavy atom. The highest BCUT2D eigenvalue weighted by Gasteiger charge is 2.25. The Morgan fingerprint density at radius 1 is 1.29 bits per heavy atom. The third kappa shape index (κ3) is 3.42. The smallest absolute Gasteiger partial charge is 0.227 e. The molecular weight excluding hydrogens is 264 g/mol. The third-order valence-corrected chi connectivity index (χ3v) is 3.88. The molecule has 0 saturated carbocycles. The minimum Gasteiger partial charge on any atom is -0.342 e. The second-order valence-electron chi connectivity index (χ2n) is 5.35. The minimum absolute atomic E-state index is 0.168. The summed E-state index contributed by atoms with van der Waals surface area (Å²) in [5.74, 6) is 0.487. The van der Waals surface area contributed by atoms with Crippen LogP contribution in [0.15, 0.2) is 43.1 Å². The van der Waals surface area contributed by atoms with Crippen LogP contribution >= 0.6 is 0 Å². The lowest BCUT2D eigenvalue weighted by Crippen LogP contribution is -2.40. The molecule has 0 radical (unpaired) electrons. The Hall–Kier alpha value is -2.30. The van der Waals surface area contributed by atoms with Crippen molar-refractivity contribution in [1.82, 2.24) is 19.9 Å². The van der Waals surface area contributed by atoms with E-state index in [1.807, 2.05) is 23.1 Å². The fourth-order valence-electron chi connectivity index (χ4n) is 2.78. The molecule has 0 unspecified atom stereocenters. The van der Waals surface area contributed by atoms with Crippen molar-refractivity contribution in [2.45, 2.75) is 25.2 Å². The molecule has 1 amide bonds. The molecule has 0 spiro atoms. The first-order valence-electron chi connectivity index (χ1n) is 7.25. The van der Waals surface area contributed by atoms with E-state index in [-0.39, 0.29) is 5.91 Å². The van der Waals surface area contributed by atoms with E-state index in [1.54, 1.807) is 24.9 Å². The number of nitrogens with zero attached hydrogens (tertiary/aromatic N) is 4. The predicted molar refractivity (Wildman–Crippen MR) is 78.5 cm³/mol. The summed E-state index contributed by atoms with van der Waals surface area (Å²) in [6, 6.07) is 5.75. The molecule has 1 aliphatic heterocycles. The van der Waals surface area contributed by atoms with E-state index in [2.05, 4.69) is 15.0 Å². The van der Waals surface area contributed by atoms with Crippen molar-refractivity contribution in [3.05, 3.63) is 54.4 Å². The van der Waals surface area contributed by atoms with Gasteiger partial charge < -0.3 is 4.90 Å². The van der Waals surface area contributed by atoms with Crippen molar-refractivity contribution in [2.24, 2.45) is 0 Å². The molecule has 0 bridgehead atoms. The van der Waals surface area contributed by atoms with Gasteiger partial charge in [-0.3, -0.25) is 9.78 Å². The van der Waals surface area contributed by atoms with Crippen LogP contribution in [0.4, 0.5) is 0 Å². The second-order valence-corrected chi connectivity index (χ2v) is 5.35. The molecule has 2 aromatic rings. The van der Waals surface area contributed by atoms with Gasteiger partial charge in [0, 0.05) is 43.3 Å². The number of carbonyl (C=O) groups is 1. The van der Waals surface area contributed by atoms with Crippen molar-refractivity contribution in [3.63, 3.8) is 0 Å². The number of hydrogen-bond donors (Lipinski definition) is 0. The van der Waals surface area contributed by atoms with Gasteiger partial charge in [-0.05, 0) is 30.5 Å². The topological polar surface area (TPSA) is 59.0 Å². The Labute approximate surface area is 124 Å². The number of rotatable bonds is 3. The fraction of sp³-hybridized carbons (Fsp3) is 0.375. The molecule has 1 fully saturated rings. The monoisotopic (exact) mass is 282 g/mol. The lowest BCUT2D eigenvalue weighted by Gasteiger charge is -2.32. The van der Waals surface area contributed by atoms with Gasteiger partial charge in [0.15, 0.2) is 0 Å². The quantitative estimate of drug-likeness (QED) is 0.861. The van der Waals surface area contributed by atoms with E-state index in [4.69, 9.17) is 0 Å². The molecule has 0 aromatic carbocycles. The summed E-state index contributed by atoms with van der Waals surface area (Å²) in [6.07, 6.45) is 9.33. The summed E-state index contributed by atoms with van der Waals surface area (Å²) >= 11 is 0. The van der Waals surface area contributed by atoms with Crippen LogP contribution in [0, 0.1) is 0 Å². The van der Waals surface area contributed by atoms with Gasteiger partial charge in [0.1, 0.15) is 6.33 Å². The van der Waals surface area contributed by atoms with Gasteiger partial charge in [0.2, 0.25) is 5.91 Å². The van der Waals surface area contributed by atoms with Gasteiger partial charge in [0.05, 0.1) is 6.42 Å². The second kappa shape index (κ2) is 6.43. The predicted octanol–water partition coefficient (Wildman–Crippen LogP) is 1.82. The highest BCUT2D eigenvalue weighted by Crippen LogP contribution is 2.25. The van der Waals surface area contributed by atoms with Crippen molar-refractivity contribution < 1.29 is 4.79 Å². The maximum atomic E-state index is 12.4. The van der Waals surface area contributed by atoms with Crippen LogP contribution in [0.2, 0.25) is 0 Å². The molecule has 1 aliphatic rings. The fourth-order valence-corrected chi connectivity index (χ4v) is 2.78.